The van der Waals surface area contributed by atoms with Crippen LogP contribution in [0.1, 0.15) is 29.3 Å². The molecule has 1 aliphatic rings. The van der Waals surface area contributed by atoms with Crippen molar-refractivity contribution in [1.82, 2.24) is 4.72 Å². The molecular weight excluding hydrogens is 397 g/mol. The summed E-state index contributed by atoms with van der Waals surface area (Å²) in [7, 11) is -3.82. The lowest BCUT2D eigenvalue weighted by atomic mass is 9.99. The first-order chi connectivity index (χ1) is 13.8. The van der Waals surface area contributed by atoms with Gasteiger partial charge in [-0.2, -0.15) is 5.26 Å². The Morgan fingerprint density at radius 1 is 1.28 bits per heavy atom. The Balaban J connectivity index is 1.78. The monoisotopic (exact) mass is 417 g/mol. The van der Waals surface area contributed by atoms with Gasteiger partial charge in [-0.1, -0.05) is 13.0 Å². The molecular formula is C20H20FN3O4S. The molecule has 1 amide bonds. The van der Waals surface area contributed by atoms with Gasteiger partial charge in [0.1, 0.15) is 11.9 Å². The Kier molecular flexibility index (Phi) is 6.27. The number of benzene rings is 2. The van der Waals surface area contributed by atoms with E-state index in [0.29, 0.717) is 19.6 Å². The minimum atomic E-state index is -3.82. The van der Waals surface area contributed by atoms with Gasteiger partial charge in [0.2, 0.25) is 10.0 Å². The topological polar surface area (TPSA) is 108 Å². The van der Waals surface area contributed by atoms with Crippen molar-refractivity contribution in [2.75, 3.05) is 18.5 Å². The second kappa shape index (κ2) is 8.69. The molecule has 0 saturated carbocycles. The number of nitrogens with one attached hydrogen (secondary N) is 2. The Bertz CT molecular complexity index is 1070. The number of rotatable bonds is 5. The number of nitrogens with zero attached hydrogens (tertiary/aromatic N) is 1. The zero-order chi connectivity index (χ0) is 21.0. The van der Waals surface area contributed by atoms with Gasteiger partial charge in [-0.05, 0) is 48.7 Å². The van der Waals surface area contributed by atoms with Gasteiger partial charge in [0, 0.05) is 23.9 Å². The van der Waals surface area contributed by atoms with Gasteiger partial charge in [-0.3, -0.25) is 4.79 Å². The van der Waals surface area contributed by atoms with Crippen LogP contribution in [0.15, 0.2) is 47.4 Å². The fourth-order valence-corrected chi connectivity index (χ4v) is 4.44. The van der Waals surface area contributed by atoms with Crippen molar-refractivity contribution >= 4 is 21.6 Å². The predicted molar refractivity (Wildman–Crippen MR) is 104 cm³/mol. The van der Waals surface area contributed by atoms with Gasteiger partial charge >= 0.3 is 0 Å². The molecule has 1 saturated heterocycles. The van der Waals surface area contributed by atoms with Crippen LogP contribution < -0.4 is 10.0 Å². The molecule has 2 atom stereocenters. The third-order valence-electron chi connectivity index (χ3n) is 4.70. The van der Waals surface area contributed by atoms with E-state index in [2.05, 4.69) is 10.0 Å². The predicted octanol–water partition coefficient (Wildman–Crippen LogP) is 2.65. The van der Waals surface area contributed by atoms with Gasteiger partial charge in [-0.25, -0.2) is 17.5 Å². The van der Waals surface area contributed by atoms with Gasteiger partial charge in [0.15, 0.2) is 0 Å². The van der Waals surface area contributed by atoms with Crippen LogP contribution >= 0.6 is 0 Å². The largest absolute Gasteiger partial charge is 0.381 e. The molecule has 0 bridgehead atoms. The fraction of sp³-hybridized carbons (Fsp3) is 0.300. The summed E-state index contributed by atoms with van der Waals surface area (Å²) in [5, 5.41) is 11.4. The normalized spacial score (nSPS) is 19.3. The van der Waals surface area contributed by atoms with Crippen molar-refractivity contribution in [1.29, 1.82) is 5.26 Å². The van der Waals surface area contributed by atoms with E-state index in [9.17, 15) is 17.6 Å². The first-order valence-electron chi connectivity index (χ1n) is 9.01. The summed E-state index contributed by atoms with van der Waals surface area (Å²) < 4.78 is 46.9. The lowest BCUT2D eigenvalue weighted by Gasteiger charge is -2.29. The third kappa shape index (κ3) is 4.98. The summed E-state index contributed by atoms with van der Waals surface area (Å²) in [6.07, 6.45) is 0.576. The second-order valence-electron chi connectivity index (χ2n) is 6.86. The summed E-state index contributed by atoms with van der Waals surface area (Å²) in [5.41, 5.74) is 0.153. The molecule has 1 aliphatic heterocycles. The van der Waals surface area contributed by atoms with Crippen LogP contribution in [0.2, 0.25) is 0 Å². The van der Waals surface area contributed by atoms with Crippen molar-refractivity contribution in [3.8, 4) is 6.07 Å². The minimum Gasteiger partial charge on any atom is -0.381 e. The van der Waals surface area contributed by atoms with Crippen molar-refractivity contribution in [2.45, 2.75) is 24.3 Å². The summed E-state index contributed by atoms with van der Waals surface area (Å²) in [4.78, 5) is 12.5. The van der Waals surface area contributed by atoms with Crippen molar-refractivity contribution in [2.24, 2.45) is 5.92 Å². The minimum absolute atomic E-state index is 0.0272. The van der Waals surface area contributed by atoms with Crippen LogP contribution in [0.25, 0.3) is 0 Å². The zero-order valence-electron chi connectivity index (χ0n) is 15.7. The fourth-order valence-electron chi connectivity index (χ4n) is 3.02. The molecule has 1 heterocycles. The highest BCUT2D eigenvalue weighted by Gasteiger charge is 2.27. The molecule has 7 nitrogen and oxygen atoms in total. The van der Waals surface area contributed by atoms with E-state index in [4.69, 9.17) is 10.00 Å². The SMILES string of the molecule is CC1COCC[C@@H]1NS(=O)(=O)c1cccc(C(=O)Nc2ccc(F)c(C#N)c2)c1. The summed E-state index contributed by atoms with van der Waals surface area (Å²) >= 11 is 0. The lowest BCUT2D eigenvalue weighted by Crippen LogP contribution is -2.44. The highest BCUT2D eigenvalue weighted by molar-refractivity contribution is 7.89. The van der Waals surface area contributed by atoms with Crippen molar-refractivity contribution in [3.05, 3.63) is 59.4 Å². The van der Waals surface area contributed by atoms with E-state index in [0.717, 1.165) is 6.07 Å². The van der Waals surface area contributed by atoms with Crippen molar-refractivity contribution < 1.29 is 22.3 Å². The van der Waals surface area contributed by atoms with Crippen LogP contribution in [0.3, 0.4) is 0 Å². The maximum Gasteiger partial charge on any atom is 0.255 e. The molecule has 2 aromatic carbocycles. The number of hydrogen-bond donors (Lipinski definition) is 2. The highest BCUT2D eigenvalue weighted by atomic mass is 32.2. The van der Waals surface area contributed by atoms with E-state index in [1.807, 2.05) is 6.92 Å². The van der Waals surface area contributed by atoms with Crippen LogP contribution in [-0.2, 0) is 14.8 Å². The number of halogens is 1. The average molecular weight is 417 g/mol. The Hall–Kier alpha value is -2.80. The van der Waals surface area contributed by atoms with Crippen LogP contribution in [-0.4, -0.2) is 33.6 Å². The molecule has 9 heteroatoms. The third-order valence-corrected chi connectivity index (χ3v) is 6.19. The smallest absolute Gasteiger partial charge is 0.255 e. The van der Waals surface area contributed by atoms with Gasteiger partial charge in [0.25, 0.3) is 5.91 Å². The molecule has 0 spiro atoms. The second-order valence-corrected chi connectivity index (χ2v) is 8.57. The maximum absolute atomic E-state index is 13.4. The summed E-state index contributed by atoms with van der Waals surface area (Å²) in [6, 6.07) is 10.7. The molecule has 29 heavy (non-hydrogen) atoms. The highest BCUT2D eigenvalue weighted by Crippen LogP contribution is 2.20. The molecule has 152 valence electrons. The van der Waals surface area contributed by atoms with E-state index in [-0.39, 0.29) is 33.7 Å². The number of hydrogen-bond acceptors (Lipinski definition) is 5. The molecule has 3 rings (SSSR count). The number of ether oxygens (including phenoxy) is 1. The standard InChI is InChI=1S/C20H20FN3O4S/c1-13-12-28-8-7-19(13)24-29(26,27)17-4-2-3-14(10-17)20(25)23-16-5-6-18(21)15(9-16)11-22/h2-6,9-10,13,19,24H,7-8,12H2,1H3,(H,23,25)/t13?,19-/m0/s1. The van der Waals surface area contributed by atoms with Gasteiger partial charge < -0.3 is 10.1 Å². The lowest BCUT2D eigenvalue weighted by molar-refractivity contribution is 0.0450. The Labute approximate surface area is 168 Å². The summed E-state index contributed by atoms with van der Waals surface area (Å²) in [5.74, 6) is -1.22. The first-order valence-corrected chi connectivity index (χ1v) is 10.5. The van der Waals surface area contributed by atoms with E-state index >= 15 is 0 Å². The number of nitriles is 1. The molecule has 2 N–H and O–H groups in total. The van der Waals surface area contributed by atoms with E-state index in [1.54, 1.807) is 6.07 Å². The van der Waals surface area contributed by atoms with Crippen LogP contribution in [0.5, 0.6) is 0 Å². The zero-order valence-corrected chi connectivity index (χ0v) is 16.5. The van der Waals surface area contributed by atoms with Crippen LogP contribution in [0, 0.1) is 23.1 Å². The number of anilines is 1. The quantitative estimate of drug-likeness (QED) is 0.778. The maximum atomic E-state index is 13.4. The average Bonchev–Trinajstić information content (AvgIpc) is 2.71. The van der Waals surface area contributed by atoms with Crippen molar-refractivity contribution in [3.63, 3.8) is 0 Å². The van der Waals surface area contributed by atoms with Gasteiger partial charge in [0.05, 0.1) is 17.1 Å². The molecule has 1 fully saturated rings. The van der Waals surface area contributed by atoms with Gasteiger partial charge in [-0.15, -0.1) is 0 Å². The number of carbonyl (C=O) groups is 1. The Morgan fingerprint density at radius 2 is 2.07 bits per heavy atom. The molecule has 2 aromatic rings. The first kappa shape index (κ1) is 20.9. The van der Waals surface area contributed by atoms with Crippen LogP contribution in [0.4, 0.5) is 10.1 Å². The molecule has 1 unspecified atom stereocenters. The number of amides is 1. The Morgan fingerprint density at radius 3 is 2.79 bits per heavy atom. The number of sulfonamides is 1. The van der Waals surface area contributed by atoms with E-state index < -0.39 is 21.7 Å². The molecule has 0 aliphatic carbocycles. The summed E-state index contributed by atoms with van der Waals surface area (Å²) in [6.45, 7) is 2.88. The number of carbonyl (C=O) groups excluding carboxylic acids is 1. The van der Waals surface area contributed by atoms with E-state index in [1.165, 1.54) is 36.4 Å². The molecule has 0 aromatic heterocycles. The molecule has 0 radical (unpaired) electrons.